The second-order valence-corrected chi connectivity index (χ2v) is 9.60. The van der Waals surface area contributed by atoms with Gasteiger partial charge < -0.3 is 14.2 Å². The Balaban J connectivity index is 1.83. The number of esters is 1. The fraction of sp³-hybridized carbons (Fsp3) is 0.417. The van der Waals surface area contributed by atoms with Gasteiger partial charge in [-0.05, 0) is 43.5 Å². The van der Waals surface area contributed by atoms with E-state index in [1.54, 1.807) is 23.6 Å². The van der Waals surface area contributed by atoms with Crippen molar-refractivity contribution in [1.29, 1.82) is 0 Å². The number of aryl methyl sites for hydroxylation is 1. The van der Waals surface area contributed by atoms with E-state index in [2.05, 4.69) is 41.9 Å². The van der Waals surface area contributed by atoms with Gasteiger partial charge in [0.05, 0.1) is 11.9 Å². The molecule has 1 fully saturated rings. The molecule has 1 amide bonds. The molecular weight excluding hydrogens is 396 g/mol. The lowest BCUT2D eigenvalue weighted by Crippen LogP contribution is -2.48. The van der Waals surface area contributed by atoms with Crippen molar-refractivity contribution in [2.45, 2.75) is 44.4 Å². The van der Waals surface area contributed by atoms with Gasteiger partial charge in [-0.2, -0.15) is 0 Å². The van der Waals surface area contributed by atoms with Crippen LogP contribution in [0, 0.1) is 5.92 Å². The fourth-order valence-corrected chi connectivity index (χ4v) is 5.73. The zero-order valence-corrected chi connectivity index (χ0v) is 18.9. The Hall–Kier alpha value is -2.47. The van der Waals surface area contributed by atoms with Gasteiger partial charge >= 0.3 is 5.97 Å². The Kier molecular flexibility index (Phi) is 5.53. The minimum atomic E-state index is -0.594. The summed E-state index contributed by atoms with van der Waals surface area (Å²) in [5.74, 6) is -0.371. The van der Waals surface area contributed by atoms with Crippen LogP contribution in [0.4, 0.5) is 0 Å². The van der Waals surface area contributed by atoms with Crippen molar-refractivity contribution < 1.29 is 14.3 Å². The lowest BCUT2D eigenvalue weighted by molar-refractivity contribution is -0.156. The maximum Gasteiger partial charge on any atom is 0.329 e. The summed E-state index contributed by atoms with van der Waals surface area (Å²) >= 11 is 1.60. The maximum atomic E-state index is 13.1. The largest absolute Gasteiger partial charge is 0.464 e. The summed E-state index contributed by atoms with van der Waals surface area (Å²) in [7, 11) is 2.07. The molecule has 0 aliphatic carbocycles. The Labute approximate surface area is 181 Å². The van der Waals surface area contributed by atoms with Crippen LogP contribution in [0.5, 0.6) is 0 Å². The highest BCUT2D eigenvalue weighted by atomic mass is 32.2. The number of ether oxygens (including phenoxy) is 1. The van der Waals surface area contributed by atoms with E-state index in [-0.39, 0.29) is 28.4 Å². The number of fused-ring (bicyclic) bond motifs is 3. The smallest absolute Gasteiger partial charge is 0.329 e. The Morgan fingerprint density at radius 1 is 1.13 bits per heavy atom. The first-order chi connectivity index (χ1) is 14.3. The predicted octanol–water partition coefficient (Wildman–Crippen LogP) is 4.88. The molecule has 0 saturated carbocycles. The highest BCUT2D eigenvalue weighted by molar-refractivity contribution is 8.01. The quantitative estimate of drug-likeness (QED) is 0.548. The van der Waals surface area contributed by atoms with Crippen LogP contribution in [0.2, 0.25) is 0 Å². The van der Waals surface area contributed by atoms with E-state index >= 15 is 0 Å². The molecule has 1 aliphatic heterocycles. The lowest BCUT2D eigenvalue weighted by Gasteiger charge is -2.33. The summed E-state index contributed by atoms with van der Waals surface area (Å²) < 4.78 is 7.52. The van der Waals surface area contributed by atoms with E-state index in [4.69, 9.17) is 4.74 Å². The first kappa shape index (κ1) is 20.8. The number of thioether (sulfide) groups is 1. The normalized spacial score (nSPS) is 20.5. The molecule has 5 nitrogen and oxygen atoms in total. The van der Waals surface area contributed by atoms with Gasteiger partial charge in [0.15, 0.2) is 0 Å². The third kappa shape index (κ3) is 3.27. The Bertz CT molecular complexity index is 1120. The van der Waals surface area contributed by atoms with Gasteiger partial charge in [-0.1, -0.05) is 38.1 Å². The Morgan fingerprint density at radius 2 is 1.83 bits per heavy atom. The number of amides is 1. The number of hydrogen-bond acceptors (Lipinski definition) is 4. The van der Waals surface area contributed by atoms with Crippen molar-refractivity contribution in [3.8, 4) is 0 Å². The minimum Gasteiger partial charge on any atom is -0.464 e. The van der Waals surface area contributed by atoms with Crippen molar-refractivity contribution in [2.75, 3.05) is 6.61 Å². The molecule has 0 radical (unpaired) electrons. The molecule has 1 aliphatic rings. The molecule has 4 rings (SSSR count). The molecule has 158 valence electrons. The van der Waals surface area contributed by atoms with Crippen LogP contribution in [-0.2, 0) is 21.4 Å². The molecule has 2 heterocycles. The highest BCUT2D eigenvalue weighted by Gasteiger charge is 2.46. The maximum absolute atomic E-state index is 13.1. The average Bonchev–Trinajstić information content (AvgIpc) is 3.17. The number of carbonyl (C=O) groups excluding carboxylic acids is 2. The van der Waals surface area contributed by atoms with Crippen molar-refractivity contribution in [1.82, 2.24) is 9.47 Å². The minimum absolute atomic E-state index is 0.00484. The highest BCUT2D eigenvalue weighted by Crippen LogP contribution is 2.46. The van der Waals surface area contributed by atoms with Crippen LogP contribution < -0.4 is 0 Å². The van der Waals surface area contributed by atoms with Gasteiger partial charge in [0.25, 0.3) is 0 Å². The summed E-state index contributed by atoms with van der Waals surface area (Å²) in [5, 5.41) is 1.94. The van der Waals surface area contributed by atoms with E-state index in [1.807, 2.05) is 32.9 Å². The summed E-state index contributed by atoms with van der Waals surface area (Å²) in [4.78, 5) is 27.6. The van der Waals surface area contributed by atoms with Crippen LogP contribution in [0.15, 0.2) is 42.5 Å². The zero-order valence-electron chi connectivity index (χ0n) is 18.1. The van der Waals surface area contributed by atoms with Crippen molar-refractivity contribution in [2.24, 2.45) is 13.0 Å². The van der Waals surface area contributed by atoms with Gasteiger partial charge in [-0.25, -0.2) is 4.79 Å². The first-order valence-corrected chi connectivity index (χ1v) is 11.4. The number of hydrogen-bond donors (Lipinski definition) is 0. The summed E-state index contributed by atoms with van der Waals surface area (Å²) in [6.07, 6.45) is 0. The number of aromatic nitrogens is 1. The average molecular weight is 425 g/mol. The van der Waals surface area contributed by atoms with Crippen molar-refractivity contribution in [3.63, 3.8) is 0 Å². The van der Waals surface area contributed by atoms with Crippen LogP contribution in [0.3, 0.4) is 0 Å². The monoisotopic (exact) mass is 424 g/mol. The number of para-hydroxylation sites is 1. The second-order valence-electron chi connectivity index (χ2n) is 8.17. The van der Waals surface area contributed by atoms with E-state index in [0.29, 0.717) is 6.61 Å². The fourth-order valence-electron chi connectivity index (χ4n) is 4.44. The van der Waals surface area contributed by atoms with Crippen molar-refractivity contribution >= 4 is 45.4 Å². The molecule has 3 atom stereocenters. The van der Waals surface area contributed by atoms with Gasteiger partial charge in [-0.15, -0.1) is 11.8 Å². The van der Waals surface area contributed by atoms with E-state index in [1.165, 1.54) is 10.9 Å². The van der Waals surface area contributed by atoms with Crippen LogP contribution in [0.25, 0.3) is 21.8 Å². The van der Waals surface area contributed by atoms with E-state index in [0.717, 1.165) is 16.5 Å². The zero-order chi connectivity index (χ0) is 21.6. The van der Waals surface area contributed by atoms with Crippen molar-refractivity contribution in [3.05, 3.63) is 48.0 Å². The van der Waals surface area contributed by atoms with Crippen LogP contribution >= 0.6 is 11.8 Å². The molecule has 1 saturated heterocycles. The van der Waals surface area contributed by atoms with Gasteiger partial charge in [-0.3, -0.25) is 4.79 Å². The molecule has 6 heteroatoms. The van der Waals surface area contributed by atoms with E-state index < -0.39 is 6.04 Å². The predicted molar refractivity (Wildman–Crippen MR) is 122 cm³/mol. The molecule has 0 N–H and O–H groups in total. The number of benzene rings is 2. The topological polar surface area (TPSA) is 51.5 Å². The summed E-state index contributed by atoms with van der Waals surface area (Å²) in [6, 6.07) is 14.1. The SMILES string of the molecule is CCOC(=O)C(C(C)C)N1C(=O)C(C)SC1c1ccc2c(c1)c1ccccc1n2C. The van der Waals surface area contributed by atoms with Crippen LogP contribution in [-0.4, -0.2) is 39.2 Å². The molecule has 3 unspecified atom stereocenters. The van der Waals surface area contributed by atoms with Gasteiger partial charge in [0.1, 0.15) is 11.4 Å². The van der Waals surface area contributed by atoms with Gasteiger partial charge in [0, 0.05) is 28.9 Å². The summed E-state index contributed by atoms with van der Waals surface area (Å²) in [5.41, 5.74) is 3.37. The number of carbonyl (C=O) groups is 2. The van der Waals surface area contributed by atoms with Crippen LogP contribution in [0.1, 0.15) is 38.6 Å². The molecular formula is C24H28N2O3S. The first-order valence-electron chi connectivity index (χ1n) is 10.5. The lowest BCUT2D eigenvalue weighted by atomic mass is 10.0. The van der Waals surface area contributed by atoms with Gasteiger partial charge in [0.2, 0.25) is 5.91 Å². The number of nitrogens with zero attached hydrogens (tertiary/aromatic N) is 2. The second kappa shape index (κ2) is 7.99. The number of rotatable bonds is 5. The molecule has 0 bridgehead atoms. The third-order valence-electron chi connectivity index (χ3n) is 5.87. The standard InChI is InChI=1S/C24H28N2O3S/c1-6-29-24(28)21(14(2)3)26-22(27)15(4)30-23(26)16-11-12-20-18(13-16)17-9-7-8-10-19(17)25(20)5/h7-15,21,23H,6H2,1-5H3. The molecule has 30 heavy (non-hydrogen) atoms. The molecule has 1 aromatic heterocycles. The third-order valence-corrected chi connectivity index (χ3v) is 7.24. The molecule has 3 aromatic rings. The Morgan fingerprint density at radius 3 is 2.53 bits per heavy atom. The van der Waals surface area contributed by atoms with E-state index in [9.17, 15) is 9.59 Å². The molecule has 0 spiro atoms. The molecule has 2 aromatic carbocycles. The summed E-state index contributed by atoms with van der Waals surface area (Å²) in [6.45, 7) is 7.95.